The summed E-state index contributed by atoms with van der Waals surface area (Å²) >= 11 is 0. The lowest BCUT2D eigenvalue weighted by molar-refractivity contribution is -0.132. The molecular weight excluding hydrogens is 290 g/mol. The van der Waals surface area contributed by atoms with Gasteiger partial charge in [-0.15, -0.1) is 0 Å². The van der Waals surface area contributed by atoms with Crippen molar-refractivity contribution in [3.63, 3.8) is 0 Å². The first-order valence-electron chi connectivity index (χ1n) is 8.46. The molecule has 1 aromatic carbocycles. The molecule has 0 unspecified atom stereocenters. The minimum absolute atomic E-state index is 0.215. The highest BCUT2D eigenvalue weighted by Gasteiger charge is 2.23. The van der Waals surface area contributed by atoms with E-state index in [1.807, 2.05) is 37.1 Å². The maximum absolute atomic E-state index is 12.4. The first-order valence-corrected chi connectivity index (χ1v) is 8.46. The lowest BCUT2D eigenvalue weighted by Crippen LogP contribution is -2.44. The maximum atomic E-state index is 12.4. The van der Waals surface area contributed by atoms with Crippen LogP contribution in [0.15, 0.2) is 18.2 Å². The lowest BCUT2D eigenvalue weighted by atomic mass is 10.0. The summed E-state index contributed by atoms with van der Waals surface area (Å²) in [5.74, 6) is 0.929. The van der Waals surface area contributed by atoms with Gasteiger partial charge in [0, 0.05) is 19.5 Å². The zero-order valence-electron chi connectivity index (χ0n) is 14.5. The topological polar surface area (TPSA) is 58.8 Å². The first-order chi connectivity index (χ1) is 11.0. The quantitative estimate of drug-likeness (QED) is 0.816. The molecule has 0 spiro atoms. The Labute approximate surface area is 139 Å². The van der Waals surface area contributed by atoms with Crippen LogP contribution in [0.4, 0.5) is 5.69 Å². The van der Waals surface area contributed by atoms with Gasteiger partial charge >= 0.3 is 0 Å². The molecule has 0 radical (unpaired) electrons. The Morgan fingerprint density at radius 1 is 1.39 bits per heavy atom. The van der Waals surface area contributed by atoms with E-state index >= 15 is 0 Å². The summed E-state index contributed by atoms with van der Waals surface area (Å²) in [5, 5.41) is 0. The van der Waals surface area contributed by atoms with Gasteiger partial charge in [0.2, 0.25) is 5.91 Å². The minimum Gasteiger partial charge on any atom is -0.492 e. The number of benzene rings is 1. The molecule has 1 aliphatic heterocycles. The predicted molar refractivity (Wildman–Crippen MR) is 93.6 cm³/mol. The molecular formula is C18H29N3O2. The molecule has 5 nitrogen and oxygen atoms in total. The second-order valence-electron chi connectivity index (χ2n) is 6.34. The molecule has 0 aliphatic carbocycles. The zero-order chi connectivity index (χ0) is 16.8. The van der Waals surface area contributed by atoms with Gasteiger partial charge in [-0.2, -0.15) is 0 Å². The Kier molecular flexibility index (Phi) is 6.28. The second-order valence-corrected chi connectivity index (χ2v) is 6.34. The normalized spacial score (nSPS) is 16.3. The molecule has 2 N–H and O–H groups in total. The summed E-state index contributed by atoms with van der Waals surface area (Å²) in [7, 11) is 4.07. The van der Waals surface area contributed by atoms with Crippen molar-refractivity contribution < 1.29 is 9.53 Å². The molecule has 1 amide bonds. The van der Waals surface area contributed by atoms with Crippen molar-refractivity contribution in [2.75, 3.05) is 39.5 Å². The number of nitrogens with two attached hydrogens (primary N) is 1. The molecule has 1 heterocycles. The SMILES string of the molecule is CCOc1ccc(CCC(=O)N(C)C2CCN(C)CC2)cc1N. The summed E-state index contributed by atoms with van der Waals surface area (Å²) in [5.41, 5.74) is 7.70. The van der Waals surface area contributed by atoms with Crippen LogP contribution in [0, 0.1) is 0 Å². The van der Waals surface area contributed by atoms with Gasteiger partial charge in [-0.1, -0.05) is 6.07 Å². The van der Waals surface area contributed by atoms with Gasteiger partial charge in [0.25, 0.3) is 0 Å². The first kappa shape index (κ1) is 17.6. The number of hydrogen-bond acceptors (Lipinski definition) is 4. The number of nitrogen functional groups attached to an aromatic ring is 1. The number of likely N-dealkylation sites (tertiary alicyclic amines) is 1. The summed E-state index contributed by atoms with van der Waals surface area (Å²) in [6.07, 6.45) is 3.37. The molecule has 128 valence electrons. The molecule has 1 saturated heterocycles. The molecule has 1 aromatic rings. The lowest BCUT2D eigenvalue weighted by Gasteiger charge is -2.35. The number of amides is 1. The zero-order valence-corrected chi connectivity index (χ0v) is 14.5. The Hall–Kier alpha value is -1.75. The summed E-state index contributed by atoms with van der Waals surface area (Å²) < 4.78 is 5.44. The van der Waals surface area contributed by atoms with Gasteiger partial charge in [-0.05, 0) is 64.0 Å². The molecule has 0 atom stereocenters. The average Bonchev–Trinajstić information content (AvgIpc) is 2.55. The molecule has 0 bridgehead atoms. The van der Waals surface area contributed by atoms with Crippen LogP contribution in [-0.2, 0) is 11.2 Å². The van der Waals surface area contributed by atoms with Crippen molar-refractivity contribution in [3.05, 3.63) is 23.8 Å². The van der Waals surface area contributed by atoms with Crippen LogP contribution < -0.4 is 10.5 Å². The third-order valence-corrected chi connectivity index (χ3v) is 4.63. The van der Waals surface area contributed by atoms with Crippen LogP contribution in [0.1, 0.15) is 31.7 Å². The fourth-order valence-corrected chi connectivity index (χ4v) is 3.05. The van der Waals surface area contributed by atoms with E-state index < -0.39 is 0 Å². The Morgan fingerprint density at radius 2 is 2.09 bits per heavy atom. The highest BCUT2D eigenvalue weighted by atomic mass is 16.5. The van der Waals surface area contributed by atoms with Crippen LogP contribution in [0.3, 0.4) is 0 Å². The number of ether oxygens (including phenoxy) is 1. The van der Waals surface area contributed by atoms with Gasteiger partial charge in [0.15, 0.2) is 0 Å². The molecule has 0 aromatic heterocycles. The third kappa shape index (κ3) is 4.86. The van der Waals surface area contributed by atoms with E-state index in [-0.39, 0.29) is 5.91 Å². The van der Waals surface area contributed by atoms with Crippen molar-refractivity contribution in [1.82, 2.24) is 9.80 Å². The number of anilines is 1. The molecule has 5 heteroatoms. The van der Waals surface area contributed by atoms with Gasteiger partial charge in [0.1, 0.15) is 5.75 Å². The van der Waals surface area contributed by atoms with Crippen LogP contribution in [0.5, 0.6) is 5.75 Å². The standard InChI is InChI=1S/C18H29N3O2/c1-4-23-17-7-5-14(13-16(17)19)6-8-18(22)21(3)15-9-11-20(2)12-10-15/h5,7,13,15H,4,6,8-12,19H2,1-3H3. The van der Waals surface area contributed by atoms with Gasteiger partial charge < -0.3 is 20.3 Å². The fourth-order valence-electron chi connectivity index (χ4n) is 3.05. The van der Waals surface area contributed by atoms with E-state index in [1.54, 1.807) is 0 Å². The maximum Gasteiger partial charge on any atom is 0.222 e. The van der Waals surface area contributed by atoms with E-state index in [0.717, 1.165) is 31.5 Å². The summed E-state index contributed by atoms with van der Waals surface area (Å²) in [4.78, 5) is 16.7. The van der Waals surface area contributed by atoms with E-state index in [1.165, 1.54) is 0 Å². The fraction of sp³-hybridized carbons (Fsp3) is 0.611. The molecule has 0 saturated carbocycles. The van der Waals surface area contributed by atoms with Crippen molar-refractivity contribution in [2.45, 2.75) is 38.6 Å². The number of hydrogen-bond donors (Lipinski definition) is 1. The summed E-state index contributed by atoms with van der Waals surface area (Å²) in [6, 6.07) is 6.17. The number of aryl methyl sites for hydroxylation is 1. The summed E-state index contributed by atoms with van der Waals surface area (Å²) in [6.45, 7) is 4.67. The van der Waals surface area contributed by atoms with E-state index in [4.69, 9.17) is 10.5 Å². The van der Waals surface area contributed by atoms with Crippen LogP contribution in [0.2, 0.25) is 0 Å². The smallest absolute Gasteiger partial charge is 0.222 e. The largest absolute Gasteiger partial charge is 0.492 e. The van der Waals surface area contributed by atoms with Crippen LogP contribution in [0.25, 0.3) is 0 Å². The van der Waals surface area contributed by atoms with E-state index in [0.29, 0.717) is 36.9 Å². The minimum atomic E-state index is 0.215. The molecule has 23 heavy (non-hydrogen) atoms. The third-order valence-electron chi connectivity index (χ3n) is 4.63. The number of nitrogens with zero attached hydrogens (tertiary/aromatic N) is 2. The van der Waals surface area contributed by atoms with E-state index in [2.05, 4.69) is 11.9 Å². The second kappa shape index (κ2) is 8.20. The molecule has 1 aliphatic rings. The van der Waals surface area contributed by atoms with Crippen LogP contribution in [-0.4, -0.2) is 55.5 Å². The van der Waals surface area contributed by atoms with Crippen molar-refractivity contribution >= 4 is 11.6 Å². The number of piperidine rings is 1. The Morgan fingerprint density at radius 3 is 2.70 bits per heavy atom. The number of carbonyl (C=O) groups excluding carboxylic acids is 1. The van der Waals surface area contributed by atoms with Crippen molar-refractivity contribution in [1.29, 1.82) is 0 Å². The van der Waals surface area contributed by atoms with Crippen molar-refractivity contribution in [2.24, 2.45) is 0 Å². The van der Waals surface area contributed by atoms with Crippen molar-refractivity contribution in [3.8, 4) is 5.75 Å². The van der Waals surface area contributed by atoms with E-state index in [9.17, 15) is 4.79 Å². The highest BCUT2D eigenvalue weighted by Crippen LogP contribution is 2.23. The predicted octanol–water partition coefficient (Wildman–Crippen LogP) is 2.15. The highest BCUT2D eigenvalue weighted by molar-refractivity contribution is 5.76. The van der Waals surface area contributed by atoms with Gasteiger partial charge in [-0.25, -0.2) is 0 Å². The molecule has 2 rings (SSSR count). The number of carbonyl (C=O) groups is 1. The molecule has 1 fully saturated rings. The average molecular weight is 319 g/mol. The Balaban J connectivity index is 1.85. The Bertz CT molecular complexity index is 525. The van der Waals surface area contributed by atoms with Crippen LogP contribution >= 0.6 is 0 Å². The number of rotatable bonds is 6. The van der Waals surface area contributed by atoms with Gasteiger partial charge in [0.05, 0.1) is 12.3 Å². The van der Waals surface area contributed by atoms with Gasteiger partial charge in [-0.3, -0.25) is 4.79 Å². The monoisotopic (exact) mass is 319 g/mol.